The number of aliphatic hydroxyl groups is 2. The van der Waals surface area contributed by atoms with Gasteiger partial charge in [-0.1, -0.05) is 41.0 Å². The van der Waals surface area contributed by atoms with E-state index in [0.29, 0.717) is 19.3 Å². The van der Waals surface area contributed by atoms with E-state index in [2.05, 4.69) is 0 Å². The number of fused-ring (bicyclic) bond motifs is 1. The molecule has 0 radical (unpaired) electrons. The molecule has 2 aliphatic rings. The molecular weight excluding hydrogens is 372 g/mol. The zero-order valence-corrected chi connectivity index (χ0v) is 18.6. The summed E-state index contributed by atoms with van der Waals surface area (Å²) in [5.41, 5.74) is -0.538. The molecule has 6 heteroatoms. The predicted octanol–water partition coefficient (Wildman–Crippen LogP) is 3.04. The quantitative estimate of drug-likeness (QED) is 0.537. The lowest BCUT2D eigenvalue weighted by Crippen LogP contribution is -2.38. The fourth-order valence-electron chi connectivity index (χ4n) is 4.52. The lowest BCUT2D eigenvalue weighted by atomic mass is 9.80. The minimum Gasteiger partial charge on any atom is -0.462 e. The zero-order valence-electron chi connectivity index (χ0n) is 18.6. The van der Waals surface area contributed by atoms with Crippen molar-refractivity contribution in [3.63, 3.8) is 0 Å². The van der Waals surface area contributed by atoms with Crippen LogP contribution in [-0.2, 0) is 19.1 Å². The largest absolute Gasteiger partial charge is 0.462 e. The van der Waals surface area contributed by atoms with Crippen LogP contribution in [0.4, 0.5) is 0 Å². The molecule has 2 rings (SSSR count). The molecule has 9 atom stereocenters. The van der Waals surface area contributed by atoms with Gasteiger partial charge in [-0.15, -0.1) is 0 Å². The van der Waals surface area contributed by atoms with Crippen LogP contribution in [-0.4, -0.2) is 52.0 Å². The van der Waals surface area contributed by atoms with Gasteiger partial charge in [0, 0.05) is 17.8 Å². The molecule has 1 fully saturated rings. The summed E-state index contributed by atoms with van der Waals surface area (Å²) in [7, 11) is 0. The number of aliphatic hydroxyl groups excluding tert-OH is 2. The van der Waals surface area contributed by atoms with E-state index < -0.39 is 29.7 Å². The molecule has 0 aromatic rings. The second-order valence-corrected chi connectivity index (χ2v) is 9.18. The van der Waals surface area contributed by atoms with Gasteiger partial charge in [0.25, 0.3) is 0 Å². The zero-order chi connectivity index (χ0) is 21.9. The Morgan fingerprint density at radius 3 is 2.34 bits per heavy atom. The van der Waals surface area contributed by atoms with Crippen molar-refractivity contribution in [2.24, 2.45) is 23.7 Å². The molecule has 0 spiro atoms. The number of esters is 1. The van der Waals surface area contributed by atoms with Gasteiger partial charge in [-0.25, -0.2) is 0 Å². The first-order valence-corrected chi connectivity index (χ1v) is 11.0. The standard InChI is InChI=1S/C23H38O6/c1-7-16-11-13(3)17(24)9-10-23(6)22(29-23)15(5)19(8-2)28-20(26)12-18(25)14(4)21(16)27/h9-10,13-16,18-19,21-22,25,27H,7-8,11-12H2,1-6H3/b10-9+. The fourth-order valence-corrected chi connectivity index (χ4v) is 4.52. The highest BCUT2D eigenvalue weighted by Crippen LogP contribution is 2.44. The Morgan fingerprint density at radius 1 is 1.10 bits per heavy atom. The van der Waals surface area contributed by atoms with Crippen molar-refractivity contribution < 1.29 is 29.3 Å². The first kappa shape index (κ1) is 24.0. The number of cyclic esters (lactones) is 1. The topological polar surface area (TPSA) is 96.4 Å². The van der Waals surface area contributed by atoms with Gasteiger partial charge in [-0.2, -0.15) is 0 Å². The number of ketones is 1. The van der Waals surface area contributed by atoms with Crippen LogP contribution in [0.25, 0.3) is 0 Å². The van der Waals surface area contributed by atoms with Gasteiger partial charge in [0.15, 0.2) is 5.78 Å². The van der Waals surface area contributed by atoms with Crippen molar-refractivity contribution in [3.8, 4) is 0 Å². The lowest BCUT2D eigenvalue weighted by molar-refractivity contribution is -0.156. The number of hydrogen-bond acceptors (Lipinski definition) is 6. The van der Waals surface area contributed by atoms with E-state index in [9.17, 15) is 19.8 Å². The molecule has 2 heterocycles. The van der Waals surface area contributed by atoms with Crippen LogP contribution in [0.2, 0.25) is 0 Å². The third-order valence-corrected chi connectivity index (χ3v) is 6.89. The van der Waals surface area contributed by atoms with E-state index in [4.69, 9.17) is 9.47 Å². The first-order valence-electron chi connectivity index (χ1n) is 11.0. The summed E-state index contributed by atoms with van der Waals surface area (Å²) in [6.07, 6.45) is 2.84. The number of rotatable bonds is 2. The van der Waals surface area contributed by atoms with E-state index in [1.807, 2.05) is 40.7 Å². The summed E-state index contributed by atoms with van der Waals surface area (Å²) >= 11 is 0. The SMILES string of the molecule is CCC1CC(C)C(=O)/C=C/C2(C)OC2C(C)C(CC)OC(=O)CC(O)C(C)C1O. The number of hydrogen-bond donors (Lipinski definition) is 2. The van der Waals surface area contributed by atoms with Gasteiger partial charge in [0.2, 0.25) is 0 Å². The predicted molar refractivity (Wildman–Crippen MR) is 110 cm³/mol. The Morgan fingerprint density at radius 2 is 1.76 bits per heavy atom. The van der Waals surface area contributed by atoms with E-state index in [0.717, 1.165) is 0 Å². The van der Waals surface area contributed by atoms with Crippen molar-refractivity contribution in [2.75, 3.05) is 0 Å². The van der Waals surface area contributed by atoms with E-state index in [1.54, 1.807) is 13.0 Å². The lowest BCUT2D eigenvalue weighted by Gasteiger charge is -2.31. The van der Waals surface area contributed by atoms with Crippen LogP contribution < -0.4 is 0 Å². The third-order valence-electron chi connectivity index (χ3n) is 6.89. The Hall–Kier alpha value is -1.24. The molecule has 0 aromatic heterocycles. The maximum atomic E-state index is 12.6. The molecule has 0 aliphatic carbocycles. The summed E-state index contributed by atoms with van der Waals surface area (Å²) in [6, 6.07) is 0. The van der Waals surface area contributed by atoms with Gasteiger partial charge in [0.1, 0.15) is 11.7 Å². The van der Waals surface area contributed by atoms with Crippen LogP contribution in [0.15, 0.2) is 12.2 Å². The van der Waals surface area contributed by atoms with Crippen LogP contribution in [0.5, 0.6) is 0 Å². The molecule has 0 amide bonds. The molecule has 6 nitrogen and oxygen atoms in total. The van der Waals surface area contributed by atoms with E-state index >= 15 is 0 Å². The van der Waals surface area contributed by atoms with Crippen molar-refractivity contribution in [1.82, 2.24) is 0 Å². The molecule has 2 aliphatic heterocycles. The Bertz CT molecular complexity index is 616. The van der Waals surface area contributed by atoms with Gasteiger partial charge < -0.3 is 19.7 Å². The molecule has 1 saturated heterocycles. The summed E-state index contributed by atoms with van der Waals surface area (Å²) < 4.78 is 11.5. The minimum absolute atomic E-state index is 0.0116. The number of ether oxygens (including phenoxy) is 2. The first-order chi connectivity index (χ1) is 13.5. The highest BCUT2D eigenvalue weighted by Gasteiger charge is 2.55. The molecule has 9 unspecified atom stereocenters. The smallest absolute Gasteiger partial charge is 0.308 e. The number of carbonyl (C=O) groups is 2. The molecule has 0 bridgehead atoms. The van der Waals surface area contributed by atoms with E-state index in [1.165, 1.54) is 0 Å². The maximum Gasteiger partial charge on any atom is 0.308 e. The van der Waals surface area contributed by atoms with Gasteiger partial charge in [-0.3, -0.25) is 9.59 Å². The van der Waals surface area contributed by atoms with Gasteiger partial charge in [-0.05, 0) is 37.8 Å². The number of carbonyl (C=O) groups excluding carboxylic acids is 2. The molecule has 0 saturated carbocycles. The van der Waals surface area contributed by atoms with Crippen LogP contribution in [0.3, 0.4) is 0 Å². The number of allylic oxidation sites excluding steroid dienone is 1. The minimum atomic E-state index is -0.999. The van der Waals surface area contributed by atoms with Crippen molar-refractivity contribution in [2.45, 2.75) is 97.2 Å². The van der Waals surface area contributed by atoms with Gasteiger partial charge >= 0.3 is 5.97 Å². The van der Waals surface area contributed by atoms with Crippen molar-refractivity contribution >= 4 is 11.8 Å². The second-order valence-electron chi connectivity index (χ2n) is 9.18. The van der Waals surface area contributed by atoms with Gasteiger partial charge in [0.05, 0.1) is 24.7 Å². The fraction of sp³-hybridized carbons (Fsp3) is 0.826. The Labute approximate surface area is 174 Å². The summed E-state index contributed by atoms with van der Waals surface area (Å²) in [5, 5.41) is 21.3. The molecular formula is C23H38O6. The average Bonchev–Trinajstić information content (AvgIpc) is 3.37. The summed E-state index contributed by atoms with van der Waals surface area (Å²) in [5.74, 6) is -1.36. The van der Waals surface area contributed by atoms with E-state index in [-0.39, 0.29) is 42.2 Å². The third kappa shape index (κ3) is 5.68. The van der Waals surface area contributed by atoms with Crippen LogP contribution in [0, 0.1) is 23.7 Å². The van der Waals surface area contributed by atoms with Crippen LogP contribution >= 0.6 is 0 Å². The van der Waals surface area contributed by atoms with Crippen LogP contribution in [0.1, 0.15) is 67.2 Å². The highest BCUT2D eigenvalue weighted by atomic mass is 16.6. The Balaban J connectivity index is 2.28. The monoisotopic (exact) mass is 410 g/mol. The molecule has 2 N–H and O–H groups in total. The van der Waals surface area contributed by atoms with Crippen molar-refractivity contribution in [3.05, 3.63) is 12.2 Å². The van der Waals surface area contributed by atoms with Crippen molar-refractivity contribution in [1.29, 1.82) is 0 Å². The molecule has 29 heavy (non-hydrogen) atoms. The maximum absolute atomic E-state index is 12.6. The summed E-state index contributed by atoms with van der Waals surface area (Å²) in [6.45, 7) is 11.4. The Kier molecular flexibility index (Phi) is 8.05. The number of epoxide rings is 1. The normalized spacial score (nSPS) is 45.9. The highest BCUT2D eigenvalue weighted by molar-refractivity contribution is 5.91. The second kappa shape index (κ2) is 9.71. The summed E-state index contributed by atoms with van der Waals surface area (Å²) in [4.78, 5) is 25.1. The molecule has 166 valence electrons. The molecule has 0 aromatic carbocycles. The average molecular weight is 411 g/mol.